The van der Waals surface area contributed by atoms with Crippen LogP contribution in [-0.4, -0.2) is 5.78 Å². The van der Waals surface area contributed by atoms with Gasteiger partial charge in [0.1, 0.15) is 0 Å². The van der Waals surface area contributed by atoms with Crippen LogP contribution in [0, 0.1) is 11.6 Å². The minimum atomic E-state index is -0.900. The van der Waals surface area contributed by atoms with E-state index in [2.05, 4.69) is 0 Å². The first-order chi connectivity index (χ1) is 11.1. The molecule has 1 saturated carbocycles. The molecule has 0 aromatic heterocycles. The molecule has 0 radical (unpaired) electrons. The maximum Gasteiger partial charge on any atom is 0.185 e. The Morgan fingerprint density at radius 3 is 2.09 bits per heavy atom. The largest absolute Gasteiger partial charge is 0.289 e. The van der Waals surface area contributed by atoms with Crippen molar-refractivity contribution in [2.75, 3.05) is 0 Å². The van der Waals surface area contributed by atoms with E-state index in [-0.39, 0.29) is 5.78 Å². The molecule has 2 aromatic rings. The summed E-state index contributed by atoms with van der Waals surface area (Å²) in [6.45, 7) is 0. The Morgan fingerprint density at radius 2 is 1.43 bits per heavy atom. The molecule has 0 N–H and O–H groups in total. The molecule has 2 aromatic carbocycles. The fourth-order valence-electron chi connectivity index (χ4n) is 2.73. The number of ketones is 1. The lowest BCUT2D eigenvalue weighted by Crippen LogP contribution is -2.12. The average molecular weight is 310 g/mol. The molecule has 0 spiro atoms. The zero-order valence-corrected chi connectivity index (χ0v) is 12.6. The SMILES string of the molecule is O=C1/C(=C/c2ccccc2)CCC/C1=C\c1ccc(F)c(F)c1. The summed E-state index contributed by atoms with van der Waals surface area (Å²) < 4.78 is 26.3. The first kappa shape index (κ1) is 15.3. The minimum absolute atomic E-state index is 0.00941. The van der Waals surface area contributed by atoms with Gasteiger partial charge in [-0.05, 0) is 54.7 Å². The highest BCUT2D eigenvalue weighted by Gasteiger charge is 2.20. The van der Waals surface area contributed by atoms with Crippen LogP contribution < -0.4 is 0 Å². The summed E-state index contributed by atoms with van der Waals surface area (Å²) in [6.07, 6.45) is 5.83. The molecule has 116 valence electrons. The van der Waals surface area contributed by atoms with Crippen LogP contribution >= 0.6 is 0 Å². The Bertz CT molecular complexity index is 789. The van der Waals surface area contributed by atoms with E-state index in [0.717, 1.165) is 36.1 Å². The number of halogens is 2. The molecule has 1 aliphatic rings. The van der Waals surface area contributed by atoms with E-state index in [0.29, 0.717) is 17.6 Å². The first-order valence-electron chi connectivity index (χ1n) is 7.59. The Morgan fingerprint density at radius 1 is 0.783 bits per heavy atom. The summed E-state index contributed by atoms with van der Waals surface area (Å²) >= 11 is 0. The van der Waals surface area contributed by atoms with Crippen molar-refractivity contribution in [1.82, 2.24) is 0 Å². The second-order valence-electron chi connectivity index (χ2n) is 5.61. The van der Waals surface area contributed by atoms with Crippen molar-refractivity contribution in [2.24, 2.45) is 0 Å². The highest BCUT2D eigenvalue weighted by Crippen LogP contribution is 2.28. The van der Waals surface area contributed by atoms with Crippen LogP contribution in [0.2, 0.25) is 0 Å². The van der Waals surface area contributed by atoms with Crippen molar-refractivity contribution in [3.63, 3.8) is 0 Å². The number of benzene rings is 2. The molecule has 1 fully saturated rings. The molecule has 0 amide bonds. The Labute approximate surface area is 134 Å². The van der Waals surface area contributed by atoms with E-state index in [9.17, 15) is 13.6 Å². The highest BCUT2D eigenvalue weighted by molar-refractivity contribution is 6.13. The third-order valence-corrected chi connectivity index (χ3v) is 3.90. The van der Waals surface area contributed by atoms with Crippen LogP contribution in [0.1, 0.15) is 30.4 Å². The molecule has 0 bridgehead atoms. The molecule has 3 rings (SSSR count). The van der Waals surface area contributed by atoms with Gasteiger partial charge in [-0.25, -0.2) is 8.78 Å². The van der Waals surface area contributed by atoms with E-state index in [1.165, 1.54) is 6.07 Å². The monoisotopic (exact) mass is 310 g/mol. The minimum Gasteiger partial charge on any atom is -0.289 e. The number of rotatable bonds is 2. The molecule has 0 heterocycles. The van der Waals surface area contributed by atoms with E-state index < -0.39 is 11.6 Å². The highest BCUT2D eigenvalue weighted by atomic mass is 19.2. The molecular formula is C20H16F2O. The summed E-state index contributed by atoms with van der Waals surface area (Å²) in [4.78, 5) is 12.6. The van der Waals surface area contributed by atoms with Crippen LogP contribution in [0.25, 0.3) is 12.2 Å². The topological polar surface area (TPSA) is 17.1 Å². The summed E-state index contributed by atoms with van der Waals surface area (Å²) in [5.41, 5.74) is 2.90. The fraction of sp³-hybridized carbons (Fsp3) is 0.150. The van der Waals surface area contributed by atoms with Crippen molar-refractivity contribution in [2.45, 2.75) is 19.3 Å². The van der Waals surface area contributed by atoms with Crippen LogP contribution in [0.3, 0.4) is 0 Å². The van der Waals surface area contributed by atoms with Gasteiger partial charge in [-0.3, -0.25) is 4.79 Å². The summed E-state index contributed by atoms with van der Waals surface area (Å²) in [5, 5.41) is 0. The van der Waals surface area contributed by atoms with Gasteiger partial charge in [0.15, 0.2) is 17.4 Å². The van der Waals surface area contributed by atoms with E-state index in [1.807, 2.05) is 36.4 Å². The second-order valence-corrected chi connectivity index (χ2v) is 5.61. The van der Waals surface area contributed by atoms with Crippen LogP contribution in [0.4, 0.5) is 8.78 Å². The first-order valence-corrected chi connectivity index (χ1v) is 7.59. The van der Waals surface area contributed by atoms with Crippen molar-refractivity contribution in [1.29, 1.82) is 0 Å². The van der Waals surface area contributed by atoms with Gasteiger partial charge in [0.05, 0.1) is 0 Å². The number of hydrogen-bond donors (Lipinski definition) is 0. The third kappa shape index (κ3) is 3.62. The summed E-state index contributed by atoms with van der Waals surface area (Å²) in [5.74, 6) is -1.79. The van der Waals surface area contributed by atoms with Gasteiger partial charge in [0.2, 0.25) is 0 Å². The lowest BCUT2D eigenvalue weighted by Gasteiger charge is -2.16. The van der Waals surface area contributed by atoms with Crippen molar-refractivity contribution < 1.29 is 13.6 Å². The molecule has 23 heavy (non-hydrogen) atoms. The molecule has 0 saturated heterocycles. The van der Waals surface area contributed by atoms with Crippen molar-refractivity contribution in [3.8, 4) is 0 Å². The predicted octanol–water partition coefficient (Wildman–Crippen LogP) is 5.18. The number of hydrogen-bond acceptors (Lipinski definition) is 1. The predicted molar refractivity (Wildman–Crippen MR) is 87.6 cm³/mol. The Hall–Kier alpha value is -2.55. The fourth-order valence-corrected chi connectivity index (χ4v) is 2.73. The standard InChI is InChI=1S/C20H16F2O/c21-18-10-9-15(13-19(18)22)12-17-8-4-7-16(20(17)23)11-14-5-2-1-3-6-14/h1-3,5-6,9-13H,4,7-8H2/b16-11+,17-12+. The zero-order chi connectivity index (χ0) is 16.2. The molecule has 0 unspecified atom stereocenters. The van der Waals surface area contributed by atoms with Gasteiger partial charge >= 0.3 is 0 Å². The molecule has 1 aliphatic carbocycles. The Kier molecular flexibility index (Phi) is 4.47. The lowest BCUT2D eigenvalue weighted by atomic mass is 9.87. The van der Waals surface area contributed by atoms with Crippen molar-refractivity contribution >= 4 is 17.9 Å². The van der Waals surface area contributed by atoms with Gasteiger partial charge < -0.3 is 0 Å². The molecule has 1 nitrogen and oxygen atoms in total. The van der Waals surface area contributed by atoms with E-state index >= 15 is 0 Å². The van der Waals surface area contributed by atoms with Gasteiger partial charge in [-0.2, -0.15) is 0 Å². The van der Waals surface area contributed by atoms with Crippen LogP contribution in [0.15, 0.2) is 59.7 Å². The van der Waals surface area contributed by atoms with Gasteiger partial charge in [-0.15, -0.1) is 0 Å². The lowest BCUT2D eigenvalue weighted by molar-refractivity contribution is -0.112. The molecule has 3 heteroatoms. The average Bonchev–Trinajstić information content (AvgIpc) is 2.56. The number of Topliss-reactive ketones (excluding diaryl/α,β-unsaturated/α-hetero) is 1. The van der Waals surface area contributed by atoms with E-state index in [4.69, 9.17) is 0 Å². The number of allylic oxidation sites excluding steroid dienone is 2. The summed E-state index contributed by atoms with van der Waals surface area (Å²) in [6, 6.07) is 13.4. The van der Waals surface area contributed by atoms with Crippen molar-refractivity contribution in [3.05, 3.63) is 82.4 Å². The van der Waals surface area contributed by atoms with Crippen LogP contribution in [-0.2, 0) is 4.79 Å². The number of carbonyl (C=O) groups is 1. The maximum absolute atomic E-state index is 13.3. The van der Waals surface area contributed by atoms with E-state index in [1.54, 1.807) is 6.08 Å². The maximum atomic E-state index is 13.3. The summed E-state index contributed by atoms with van der Waals surface area (Å²) in [7, 11) is 0. The Balaban J connectivity index is 1.89. The molecule has 0 aliphatic heterocycles. The normalized spacial score (nSPS) is 18.6. The van der Waals surface area contributed by atoms with Crippen LogP contribution in [0.5, 0.6) is 0 Å². The molecular weight excluding hydrogens is 294 g/mol. The quantitative estimate of drug-likeness (QED) is 0.698. The van der Waals surface area contributed by atoms with Gasteiger partial charge in [-0.1, -0.05) is 36.4 Å². The van der Waals surface area contributed by atoms with Gasteiger partial charge in [0, 0.05) is 11.1 Å². The number of carbonyl (C=O) groups excluding carboxylic acids is 1. The van der Waals surface area contributed by atoms with Gasteiger partial charge in [0.25, 0.3) is 0 Å². The third-order valence-electron chi connectivity index (χ3n) is 3.90. The zero-order valence-electron chi connectivity index (χ0n) is 12.6. The smallest absolute Gasteiger partial charge is 0.185 e. The molecule has 0 atom stereocenters. The second kappa shape index (κ2) is 6.69.